The van der Waals surface area contributed by atoms with E-state index in [1.807, 2.05) is 0 Å². The Bertz CT molecular complexity index is 356. The van der Waals surface area contributed by atoms with Crippen molar-refractivity contribution in [2.45, 2.75) is 0 Å². The number of nitrogens with one attached hydrogen (secondary N) is 1. The third kappa shape index (κ3) is 2.50. The van der Waals surface area contributed by atoms with E-state index < -0.39 is 5.82 Å². The summed E-state index contributed by atoms with van der Waals surface area (Å²) < 4.78 is 13.2. The molecule has 0 aliphatic carbocycles. The SMILES string of the molecule is NC(CNc1cccc(Cl)c1F)=NO. The number of hydrogen-bond acceptors (Lipinski definition) is 3. The first-order chi connectivity index (χ1) is 6.65. The molecule has 0 aliphatic rings. The van der Waals surface area contributed by atoms with E-state index in [9.17, 15) is 4.39 Å². The number of nitrogens with zero attached hydrogens (tertiary/aromatic N) is 1. The molecule has 0 unspecified atom stereocenters. The average molecular weight is 218 g/mol. The molecule has 0 aliphatic heterocycles. The lowest BCUT2D eigenvalue weighted by Gasteiger charge is -2.06. The maximum Gasteiger partial charge on any atom is 0.164 e. The molecule has 14 heavy (non-hydrogen) atoms. The van der Waals surface area contributed by atoms with Crippen LogP contribution >= 0.6 is 11.6 Å². The predicted molar refractivity (Wildman–Crippen MR) is 53.3 cm³/mol. The lowest BCUT2D eigenvalue weighted by Crippen LogP contribution is -2.22. The van der Waals surface area contributed by atoms with Crippen molar-refractivity contribution >= 4 is 23.1 Å². The average Bonchev–Trinajstić information content (AvgIpc) is 2.20. The van der Waals surface area contributed by atoms with E-state index in [1.54, 1.807) is 6.07 Å². The quantitative estimate of drug-likeness (QED) is 0.312. The molecule has 0 amide bonds. The summed E-state index contributed by atoms with van der Waals surface area (Å²) in [6.07, 6.45) is 0. The van der Waals surface area contributed by atoms with Crippen molar-refractivity contribution in [1.29, 1.82) is 0 Å². The number of hydrogen-bond donors (Lipinski definition) is 3. The summed E-state index contributed by atoms with van der Waals surface area (Å²) in [5.41, 5.74) is 5.40. The summed E-state index contributed by atoms with van der Waals surface area (Å²) in [6, 6.07) is 4.54. The van der Waals surface area contributed by atoms with Crippen LogP contribution in [-0.4, -0.2) is 17.6 Å². The fourth-order valence-corrected chi connectivity index (χ4v) is 1.04. The molecule has 0 radical (unpaired) electrons. The zero-order valence-electron chi connectivity index (χ0n) is 7.17. The van der Waals surface area contributed by atoms with Crippen molar-refractivity contribution in [3.63, 3.8) is 0 Å². The Balaban J connectivity index is 2.73. The summed E-state index contributed by atoms with van der Waals surface area (Å²) in [6.45, 7) is 0.0494. The summed E-state index contributed by atoms with van der Waals surface area (Å²) >= 11 is 5.54. The first-order valence-corrected chi connectivity index (χ1v) is 4.17. The van der Waals surface area contributed by atoms with Gasteiger partial charge in [-0.2, -0.15) is 0 Å². The fraction of sp³-hybridized carbons (Fsp3) is 0.125. The van der Waals surface area contributed by atoms with Crippen LogP contribution in [0.3, 0.4) is 0 Å². The van der Waals surface area contributed by atoms with Crippen molar-refractivity contribution in [3.05, 3.63) is 29.0 Å². The molecule has 0 saturated heterocycles. The second-order valence-corrected chi connectivity index (χ2v) is 2.95. The second-order valence-electron chi connectivity index (χ2n) is 2.55. The summed E-state index contributed by atoms with van der Waals surface area (Å²) in [4.78, 5) is 0. The Labute approximate surface area is 85.2 Å². The Morgan fingerprint density at radius 2 is 2.36 bits per heavy atom. The number of benzene rings is 1. The van der Waals surface area contributed by atoms with Gasteiger partial charge in [-0.3, -0.25) is 0 Å². The lowest BCUT2D eigenvalue weighted by atomic mass is 10.3. The highest BCUT2D eigenvalue weighted by Gasteiger charge is 2.05. The van der Waals surface area contributed by atoms with Crippen molar-refractivity contribution in [1.82, 2.24) is 0 Å². The van der Waals surface area contributed by atoms with Crippen LogP contribution in [-0.2, 0) is 0 Å². The monoisotopic (exact) mass is 217 g/mol. The van der Waals surface area contributed by atoms with Crippen LogP contribution in [0, 0.1) is 5.82 Å². The highest BCUT2D eigenvalue weighted by Crippen LogP contribution is 2.21. The van der Waals surface area contributed by atoms with Crippen LogP contribution in [0.25, 0.3) is 0 Å². The number of rotatable bonds is 3. The predicted octanol–water partition coefficient (Wildman–Crippen LogP) is 1.64. The van der Waals surface area contributed by atoms with Gasteiger partial charge in [-0.15, -0.1) is 0 Å². The van der Waals surface area contributed by atoms with E-state index >= 15 is 0 Å². The topological polar surface area (TPSA) is 70.6 Å². The zero-order chi connectivity index (χ0) is 10.6. The van der Waals surface area contributed by atoms with E-state index in [0.717, 1.165) is 0 Å². The zero-order valence-corrected chi connectivity index (χ0v) is 7.92. The summed E-state index contributed by atoms with van der Waals surface area (Å²) in [5, 5.41) is 13.6. The second kappa shape index (κ2) is 4.66. The van der Waals surface area contributed by atoms with Crippen molar-refractivity contribution in [3.8, 4) is 0 Å². The maximum atomic E-state index is 13.2. The molecule has 0 spiro atoms. The molecule has 0 bridgehead atoms. The van der Waals surface area contributed by atoms with Crippen molar-refractivity contribution in [2.75, 3.05) is 11.9 Å². The van der Waals surface area contributed by atoms with Crippen molar-refractivity contribution in [2.24, 2.45) is 10.9 Å². The molecule has 0 aromatic heterocycles. The highest BCUT2D eigenvalue weighted by molar-refractivity contribution is 6.31. The third-order valence-electron chi connectivity index (χ3n) is 1.54. The molecule has 1 aromatic carbocycles. The molecule has 6 heteroatoms. The molecule has 4 nitrogen and oxygen atoms in total. The molecule has 1 rings (SSSR count). The van der Waals surface area contributed by atoms with Gasteiger partial charge in [-0.1, -0.05) is 22.8 Å². The van der Waals surface area contributed by atoms with Gasteiger partial charge >= 0.3 is 0 Å². The third-order valence-corrected chi connectivity index (χ3v) is 1.83. The molecular formula is C8H9ClFN3O. The molecule has 1 aromatic rings. The van der Waals surface area contributed by atoms with E-state index in [-0.39, 0.29) is 23.1 Å². The normalized spacial score (nSPS) is 11.4. The van der Waals surface area contributed by atoms with Gasteiger partial charge in [-0.05, 0) is 12.1 Å². The van der Waals surface area contributed by atoms with Gasteiger partial charge in [0, 0.05) is 0 Å². The molecular weight excluding hydrogens is 209 g/mol. The number of halogens is 2. The van der Waals surface area contributed by atoms with Gasteiger partial charge in [0.2, 0.25) is 0 Å². The number of anilines is 1. The smallest absolute Gasteiger partial charge is 0.164 e. The van der Waals surface area contributed by atoms with Crippen LogP contribution in [0.2, 0.25) is 5.02 Å². The summed E-state index contributed by atoms with van der Waals surface area (Å²) in [5.74, 6) is -0.593. The summed E-state index contributed by atoms with van der Waals surface area (Å²) in [7, 11) is 0. The van der Waals surface area contributed by atoms with E-state index in [2.05, 4.69) is 10.5 Å². The molecule has 76 valence electrons. The minimum atomic E-state index is -0.556. The number of oxime groups is 1. The Kier molecular flexibility index (Phi) is 3.53. The van der Waals surface area contributed by atoms with Crippen LogP contribution in [0.5, 0.6) is 0 Å². The maximum absolute atomic E-state index is 13.2. The number of nitrogens with two attached hydrogens (primary N) is 1. The molecule has 0 atom stereocenters. The molecule has 4 N–H and O–H groups in total. The van der Waals surface area contributed by atoms with E-state index in [1.165, 1.54) is 12.1 Å². The van der Waals surface area contributed by atoms with Gasteiger partial charge < -0.3 is 16.3 Å². The highest BCUT2D eigenvalue weighted by atomic mass is 35.5. The minimum absolute atomic E-state index is 0.0227. The Morgan fingerprint density at radius 3 is 3.00 bits per heavy atom. The van der Waals surface area contributed by atoms with Gasteiger partial charge in [0.15, 0.2) is 11.7 Å². The fourth-order valence-electron chi connectivity index (χ4n) is 0.861. The molecule has 0 fully saturated rings. The van der Waals surface area contributed by atoms with E-state index in [4.69, 9.17) is 22.5 Å². The Morgan fingerprint density at radius 1 is 1.64 bits per heavy atom. The molecule has 0 saturated carbocycles. The van der Waals surface area contributed by atoms with Gasteiger partial charge in [-0.25, -0.2) is 4.39 Å². The van der Waals surface area contributed by atoms with Crippen LogP contribution in [0.1, 0.15) is 0 Å². The number of amidine groups is 1. The van der Waals surface area contributed by atoms with Crippen LogP contribution < -0.4 is 11.1 Å². The largest absolute Gasteiger partial charge is 0.409 e. The molecule has 0 heterocycles. The lowest BCUT2D eigenvalue weighted by molar-refractivity contribution is 0.317. The first-order valence-electron chi connectivity index (χ1n) is 3.79. The van der Waals surface area contributed by atoms with Gasteiger partial charge in [0.05, 0.1) is 17.3 Å². The van der Waals surface area contributed by atoms with Gasteiger partial charge in [0.1, 0.15) is 0 Å². The van der Waals surface area contributed by atoms with Crippen LogP contribution in [0.4, 0.5) is 10.1 Å². The minimum Gasteiger partial charge on any atom is -0.409 e. The van der Waals surface area contributed by atoms with Gasteiger partial charge in [0.25, 0.3) is 0 Å². The first kappa shape index (κ1) is 10.6. The standard InChI is InChI=1S/C8H9ClFN3O/c9-5-2-1-3-6(8(5)10)12-4-7(11)13-14/h1-3,12,14H,4H2,(H2,11,13). The Hall–Kier alpha value is -1.49. The van der Waals surface area contributed by atoms with E-state index in [0.29, 0.717) is 0 Å². The van der Waals surface area contributed by atoms with Crippen LogP contribution in [0.15, 0.2) is 23.4 Å². The van der Waals surface area contributed by atoms with Crippen molar-refractivity contribution < 1.29 is 9.60 Å².